The molecule has 0 amide bonds. The molecule has 3 atom stereocenters. The van der Waals surface area contributed by atoms with Crippen molar-refractivity contribution < 1.29 is 46.8 Å². The van der Waals surface area contributed by atoms with E-state index in [0.717, 1.165) is 17.5 Å². The Kier molecular flexibility index (Phi) is 12.5. The van der Waals surface area contributed by atoms with E-state index in [4.69, 9.17) is 28.4 Å². The number of benzene rings is 4. The maximum absolute atomic E-state index is 14.7. The molecule has 4 aromatic rings. The number of hydrogen-bond acceptors (Lipinski definition) is 8. The highest BCUT2D eigenvalue weighted by Gasteiger charge is 2.45. The summed E-state index contributed by atoms with van der Waals surface area (Å²) in [7, 11) is 5.77. The van der Waals surface area contributed by atoms with E-state index in [1.165, 1.54) is 26.4 Å². The van der Waals surface area contributed by atoms with Crippen LogP contribution in [0.15, 0.2) is 72.8 Å². The van der Waals surface area contributed by atoms with Crippen molar-refractivity contribution in [1.29, 1.82) is 0 Å². The molecule has 11 heteroatoms. The summed E-state index contributed by atoms with van der Waals surface area (Å²) in [6.07, 6.45) is 0.373. The maximum Gasteiger partial charge on any atom is 0.337 e. The van der Waals surface area contributed by atoms with E-state index >= 15 is 0 Å². The lowest BCUT2D eigenvalue weighted by atomic mass is 9.79. The van der Waals surface area contributed by atoms with Crippen LogP contribution < -0.4 is 9.47 Å². The smallest absolute Gasteiger partial charge is 0.337 e. The van der Waals surface area contributed by atoms with Gasteiger partial charge in [-0.2, -0.15) is 0 Å². The molecule has 2 aliphatic heterocycles. The predicted octanol–water partition coefficient (Wildman–Crippen LogP) is 9.96. The highest BCUT2D eigenvalue weighted by Crippen LogP contribution is 2.51. The molecule has 2 heterocycles. The average Bonchev–Trinajstić information content (AvgIpc) is 3.65. The first kappa shape index (κ1) is 40.1. The molecule has 0 radical (unpaired) electrons. The van der Waals surface area contributed by atoms with E-state index in [9.17, 15) is 18.4 Å². The topological polar surface area (TPSA) is 89.5 Å². The third-order valence-electron chi connectivity index (χ3n) is 10.1. The molecule has 0 bridgehead atoms. The molecule has 3 unspecified atom stereocenters. The lowest BCUT2D eigenvalue weighted by Gasteiger charge is -2.30. The van der Waals surface area contributed by atoms with E-state index in [0.29, 0.717) is 62.0 Å². The van der Waals surface area contributed by atoms with Crippen LogP contribution in [-0.4, -0.2) is 57.5 Å². The molecule has 0 aromatic heterocycles. The third-order valence-corrected chi connectivity index (χ3v) is 12.0. The lowest BCUT2D eigenvalue weighted by molar-refractivity contribution is 0.0582. The Bertz CT molecular complexity index is 1980. The Morgan fingerprint density at radius 3 is 1.51 bits per heavy atom. The Morgan fingerprint density at radius 2 is 1.13 bits per heavy atom. The summed E-state index contributed by atoms with van der Waals surface area (Å²) in [5, 5.41) is 0. The molecule has 8 nitrogen and oxygen atoms in total. The molecule has 2 aliphatic rings. The van der Waals surface area contributed by atoms with Crippen molar-refractivity contribution in [3.63, 3.8) is 0 Å². The maximum atomic E-state index is 14.7. The number of carbonyl (C=O) groups excluding carboxylic acids is 2. The normalized spacial score (nSPS) is 19.9. The van der Waals surface area contributed by atoms with Gasteiger partial charge in [0.05, 0.1) is 58.4 Å². The van der Waals surface area contributed by atoms with Crippen LogP contribution in [0.3, 0.4) is 0 Å². The van der Waals surface area contributed by atoms with Crippen LogP contribution in [0.2, 0.25) is 0 Å². The minimum atomic E-state index is -0.434. The van der Waals surface area contributed by atoms with Crippen LogP contribution in [0.25, 0.3) is 22.3 Å². The lowest BCUT2D eigenvalue weighted by Crippen LogP contribution is -2.25. The second-order valence-corrected chi connectivity index (χ2v) is 15.8. The summed E-state index contributed by atoms with van der Waals surface area (Å²) < 4.78 is 61.8. The van der Waals surface area contributed by atoms with E-state index in [-0.39, 0.29) is 34.7 Å². The number of hydrogen-bond donors (Lipinski definition) is 0. The first-order chi connectivity index (χ1) is 25.2. The number of carbonyl (C=O) groups is 2. The highest BCUT2D eigenvalue weighted by molar-refractivity contribution is 14.1. The number of ether oxygens (including phenoxy) is 6. The molecular weight excluding hydrogens is 797 g/mol. The molecule has 0 N–H and O–H groups in total. The number of methoxy groups -OCH3 is 4. The van der Waals surface area contributed by atoms with E-state index in [1.54, 1.807) is 74.9 Å². The molecule has 0 spiro atoms. The first-order valence-corrected chi connectivity index (χ1v) is 18.4. The fourth-order valence-corrected chi connectivity index (χ4v) is 7.32. The van der Waals surface area contributed by atoms with Crippen molar-refractivity contribution in [3.05, 3.63) is 107 Å². The van der Waals surface area contributed by atoms with Crippen LogP contribution in [-0.2, 0) is 18.9 Å². The SMILES string of the molecule is COC(=O)c1ccc(-c2cc(OC)ccc2F)c(C2OCC(I)C2(C)C)c1.COC(=O)c1ccc(-c2cc(OC)ccc2F)c(C2OCCC2(C)C)c1. The predicted molar refractivity (Wildman–Crippen MR) is 207 cm³/mol. The molecule has 0 aliphatic carbocycles. The van der Waals surface area contributed by atoms with Gasteiger partial charge in [0, 0.05) is 27.1 Å². The van der Waals surface area contributed by atoms with Gasteiger partial charge in [0.1, 0.15) is 23.1 Å². The van der Waals surface area contributed by atoms with Gasteiger partial charge in [-0.15, -0.1) is 0 Å². The number of alkyl halides is 1. The Morgan fingerprint density at radius 1 is 0.660 bits per heavy atom. The Balaban J connectivity index is 0.000000204. The van der Waals surface area contributed by atoms with Crippen molar-refractivity contribution in [1.82, 2.24) is 0 Å². The number of halogens is 3. The van der Waals surface area contributed by atoms with E-state index in [1.807, 2.05) is 0 Å². The fourth-order valence-electron chi connectivity index (χ4n) is 6.79. The largest absolute Gasteiger partial charge is 0.497 e. The van der Waals surface area contributed by atoms with Crippen molar-refractivity contribution >= 4 is 34.5 Å². The summed E-state index contributed by atoms with van der Waals surface area (Å²) in [5.41, 5.74) is 4.28. The minimum absolute atomic E-state index is 0.126. The Hall–Kier alpha value is -4.07. The standard InChI is InChI=1S/C21H22FIO4.C21H23FO4/c1-21(2)18(23)11-27-19(21)16-9-12(20(24)26-4)5-7-14(16)15-10-13(25-3)6-8-17(15)22;1-21(2)9-10-26-19(21)17-11-13(20(23)25-4)5-7-15(17)16-12-14(24-3)6-8-18(16)22/h5-10,18-19H,11H2,1-4H3;5-8,11-12,19H,9-10H2,1-4H3. The summed E-state index contributed by atoms with van der Waals surface area (Å²) in [5.74, 6) is -0.447. The number of rotatable bonds is 8. The molecule has 4 aromatic carbocycles. The summed E-state index contributed by atoms with van der Waals surface area (Å²) in [6.45, 7) is 9.69. The first-order valence-electron chi connectivity index (χ1n) is 17.2. The van der Waals surface area contributed by atoms with Gasteiger partial charge >= 0.3 is 11.9 Å². The molecule has 0 saturated carbocycles. The molecule has 2 saturated heterocycles. The second-order valence-electron chi connectivity index (χ2n) is 14.3. The molecule has 6 rings (SSSR count). The van der Waals surface area contributed by atoms with E-state index in [2.05, 4.69) is 50.3 Å². The van der Waals surface area contributed by atoms with Gasteiger partial charge in [-0.25, -0.2) is 18.4 Å². The second kappa shape index (κ2) is 16.5. The van der Waals surface area contributed by atoms with Gasteiger partial charge in [0.2, 0.25) is 0 Å². The van der Waals surface area contributed by atoms with Gasteiger partial charge < -0.3 is 28.4 Å². The highest BCUT2D eigenvalue weighted by atomic mass is 127. The summed E-state index contributed by atoms with van der Waals surface area (Å²) in [4.78, 5) is 24.1. The zero-order valence-electron chi connectivity index (χ0n) is 31.2. The monoisotopic (exact) mass is 842 g/mol. The third kappa shape index (κ3) is 8.37. The zero-order chi connectivity index (χ0) is 38.7. The molecule has 2 fully saturated rings. The minimum Gasteiger partial charge on any atom is -0.497 e. The van der Waals surface area contributed by atoms with Crippen LogP contribution in [0.5, 0.6) is 11.5 Å². The van der Waals surface area contributed by atoms with Crippen LogP contribution in [0.4, 0.5) is 8.78 Å². The molecular formula is C42H45F2IO8. The number of esters is 2. The van der Waals surface area contributed by atoms with Gasteiger partial charge in [-0.1, -0.05) is 62.4 Å². The van der Waals surface area contributed by atoms with Gasteiger partial charge in [0.15, 0.2) is 0 Å². The van der Waals surface area contributed by atoms with Crippen LogP contribution in [0.1, 0.15) is 78.2 Å². The van der Waals surface area contributed by atoms with Crippen LogP contribution in [0, 0.1) is 22.5 Å². The Labute approximate surface area is 323 Å². The fraction of sp³-hybridized carbons (Fsp3) is 0.381. The van der Waals surface area contributed by atoms with Gasteiger partial charge in [0.25, 0.3) is 0 Å². The summed E-state index contributed by atoms with van der Waals surface area (Å²) in [6, 6.07) is 19.5. The van der Waals surface area contributed by atoms with Gasteiger partial charge in [-0.3, -0.25) is 0 Å². The van der Waals surface area contributed by atoms with Gasteiger partial charge in [-0.05, 0) is 94.8 Å². The quantitative estimate of drug-likeness (QED) is 0.0985. The molecule has 282 valence electrons. The van der Waals surface area contributed by atoms with Crippen molar-refractivity contribution in [2.75, 3.05) is 41.7 Å². The van der Waals surface area contributed by atoms with Crippen molar-refractivity contribution in [2.24, 2.45) is 10.8 Å². The van der Waals surface area contributed by atoms with Crippen LogP contribution >= 0.6 is 22.6 Å². The zero-order valence-corrected chi connectivity index (χ0v) is 33.3. The van der Waals surface area contributed by atoms with Crippen molar-refractivity contribution in [2.45, 2.75) is 50.2 Å². The average molecular weight is 843 g/mol. The van der Waals surface area contributed by atoms with Crippen molar-refractivity contribution in [3.8, 4) is 33.8 Å². The molecule has 53 heavy (non-hydrogen) atoms. The van der Waals surface area contributed by atoms with E-state index < -0.39 is 11.9 Å². The summed E-state index contributed by atoms with van der Waals surface area (Å²) >= 11 is 2.38.